The molecule has 9 heteroatoms. The van der Waals surface area contributed by atoms with Gasteiger partial charge in [0.05, 0.1) is 33.4 Å². The third kappa shape index (κ3) is 4.06. The van der Waals surface area contributed by atoms with Crippen molar-refractivity contribution in [3.8, 4) is 28.8 Å². The normalized spacial score (nSPS) is 17.0. The van der Waals surface area contributed by atoms with Gasteiger partial charge in [-0.15, -0.1) is 10.2 Å². The first kappa shape index (κ1) is 20.1. The molecule has 0 spiro atoms. The Bertz CT molecular complexity index is 979. The topological polar surface area (TPSA) is 95.6 Å². The molecule has 1 aliphatic rings. The first-order valence-corrected chi connectivity index (χ1v) is 9.83. The van der Waals surface area contributed by atoms with Crippen LogP contribution in [0.15, 0.2) is 35.1 Å². The number of likely N-dealkylation sites (tertiary alicyclic amines) is 1. The molecule has 4 rings (SSSR count). The third-order valence-electron chi connectivity index (χ3n) is 5.26. The highest BCUT2D eigenvalue weighted by Crippen LogP contribution is 2.40. The first-order chi connectivity index (χ1) is 14.7. The van der Waals surface area contributed by atoms with E-state index < -0.39 is 0 Å². The SMILES string of the molecule is COc1ccc(CN2CCC[C@H](c3nnc(-c4cnccn4)o3)C2)c(OC)c1OC. The molecule has 30 heavy (non-hydrogen) atoms. The smallest absolute Gasteiger partial charge is 0.267 e. The van der Waals surface area contributed by atoms with E-state index in [0.29, 0.717) is 34.7 Å². The zero-order chi connectivity index (χ0) is 20.9. The molecule has 2 aromatic heterocycles. The molecule has 0 aliphatic carbocycles. The maximum absolute atomic E-state index is 5.91. The second-order valence-corrected chi connectivity index (χ2v) is 7.10. The number of hydrogen-bond donors (Lipinski definition) is 0. The highest BCUT2D eigenvalue weighted by Gasteiger charge is 2.27. The molecular weight excluding hydrogens is 386 g/mol. The summed E-state index contributed by atoms with van der Waals surface area (Å²) in [6.07, 6.45) is 6.89. The second kappa shape index (κ2) is 9.08. The van der Waals surface area contributed by atoms with Gasteiger partial charge in [0, 0.05) is 31.0 Å². The van der Waals surface area contributed by atoms with E-state index in [2.05, 4.69) is 25.1 Å². The molecule has 0 bridgehead atoms. The third-order valence-corrected chi connectivity index (χ3v) is 5.26. The van der Waals surface area contributed by atoms with Crippen molar-refractivity contribution in [1.29, 1.82) is 0 Å². The van der Waals surface area contributed by atoms with Gasteiger partial charge in [0.1, 0.15) is 5.69 Å². The van der Waals surface area contributed by atoms with Gasteiger partial charge in [-0.05, 0) is 25.5 Å². The Balaban J connectivity index is 1.50. The lowest BCUT2D eigenvalue weighted by atomic mass is 9.97. The quantitative estimate of drug-likeness (QED) is 0.581. The van der Waals surface area contributed by atoms with Crippen LogP contribution in [0.25, 0.3) is 11.6 Å². The molecule has 0 unspecified atom stereocenters. The number of hydrogen-bond acceptors (Lipinski definition) is 9. The average molecular weight is 411 g/mol. The van der Waals surface area contributed by atoms with E-state index >= 15 is 0 Å². The summed E-state index contributed by atoms with van der Waals surface area (Å²) in [5.74, 6) is 3.16. The lowest BCUT2D eigenvalue weighted by molar-refractivity contribution is 0.184. The summed E-state index contributed by atoms with van der Waals surface area (Å²) in [6, 6.07) is 3.92. The fourth-order valence-corrected chi connectivity index (χ4v) is 3.84. The average Bonchev–Trinajstić information content (AvgIpc) is 3.30. The number of nitrogens with zero attached hydrogens (tertiary/aromatic N) is 5. The van der Waals surface area contributed by atoms with Crippen LogP contribution in [0.2, 0.25) is 0 Å². The molecule has 1 aliphatic heterocycles. The van der Waals surface area contributed by atoms with Gasteiger partial charge in [-0.2, -0.15) is 0 Å². The molecule has 0 amide bonds. The fourth-order valence-electron chi connectivity index (χ4n) is 3.84. The Kier molecular flexibility index (Phi) is 6.08. The van der Waals surface area contributed by atoms with Crippen LogP contribution in [0.5, 0.6) is 17.2 Å². The first-order valence-electron chi connectivity index (χ1n) is 9.83. The van der Waals surface area contributed by atoms with Gasteiger partial charge in [0.2, 0.25) is 11.6 Å². The summed E-state index contributed by atoms with van der Waals surface area (Å²) in [4.78, 5) is 10.6. The van der Waals surface area contributed by atoms with Crippen LogP contribution in [0, 0.1) is 0 Å². The van der Waals surface area contributed by atoms with Crippen molar-refractivity contribution in [3.05, 3.63) is 42.2 Å². The Morgan fingerprint density at radius 1 is 1.07 bits per heavy atom. The van der Waals surface area contributed by atoms with Gasteiger partial charge >= 0.3 is 0 Å². The summed E-state index contributed by atoms with van der Waals surface area (Å²) in [6.45, 7) is 2.53. The molecule has 1 atom stereocenters. The minimum Gasteiger partial charge on any atom is -0.493 e. The van der Waals surface area contributed by atoms with Gasteiger partial charge in [0.15, 0.2) is 11.5 Å². The Morgan fingerprint density at radius 2 is 1.93 bits per heavy atom. The monoisotopic (exact) mass is 411 g/mol. The van der Waals surface area contributed by atoms with Crippen LogP contribution >= 0.6 is 0 Å². The van der Waals surface area contributed by atoms with E-state index in [-0.39, 0.29) is 5.92 Å². The van der Waals surface area contributed by atoms with E-state index in [0.717, 1.165) is 38.0 Å². The standard InChI is InChI=1S/C21H25N5O4/c1-27-17-7-6-14(18(28-2)19(17)29-3)12-26-10-4-5-15(13-26)20-24-25-21(30-20)16-11-22-8-9-23-16/h6-9,11,15H,4-5,10,12-13H2,1-3H3/t15-/m0/s1. The summed E-state index contributed by atoms with van der Waals surface area (Å²) >= 11 is 0. The van der Waals surface area contributed by atoms with Gasteiger partial charge in [-0.25, -0.2) is 4.98 Å². The van der Waals surface area contributed by atoms with Gasteiger partial charge in [0.25, 0.3) is 5.89 Å². The van der Waals surface area contributed by atoms with Gasteiger partial charge < -0.3 is 18.6 Å². The molecule has 1 saturated heterocycles. The van der Waals surface area contributed by atoms with Crippen LogP contribution in [0.3, 0.4) is 0 Å². The van der Waals surface area contributed by atoms with Crippen molar-refractivity contribution in [2.45, 2.75) is 25.3 Å². The summed E-state index contributed by atoms with van der Waals surface area (Å²) in [7, 11) is 4.88. The van der Waals surface area contributed by atoms with E-state index in [1.807, 2.05) is 12.1 Å². The van der Waals surface area contributed by atoms with Crippen molar-refractivity contribution in [2.75, 3.05) is 34.4 Å². The zero-order valence-electron chi connectivity index (χ0n) is 17.4. The molecule has 0 radical (unpaired) electrons. The van der Waals surface area contributed by atoms with Crippen LogP contribution in [-0.4, -0.2) is 59.5 Å². The number of piperidine rings is 1. The predicted octanol–water partition coefficient (Wildman–Crippen LogP) is 2.93. The highest BCUT2D eigenvalue weighted by molar-refractivity contribution is 5.55. The fraction of sp³-hybridized carbons (Fsp3) is 0.429. The van der Waals surface area contributed by atoms with Crippen LogP contribution < -0.4 is 14.2 Å². The number of rotatable bonds is 7. The Morgan fingerprint density at radius 3 is 2.67 bits per heavy atom. The minimum atomic E-state index is 0.169. The van der Waals surface area contributed by atoms with Crippen molar-refractivity contribution >= 4 is 0 Å². The molecule has 0 saturated carbocycles. The van der Waals surface area contributed by atoms with E-state index in [4.69, 9.17) is 18.6 Å². The molecule has 9 nitrogen and oxygen atoms in total. The molecule has 3 heterocycles. The van der Waals surface area contributed by atoms with Crippen LogP contribution in [0.1, 0.15) is 30.2 Å². The second-order valence-electron chi connectivity index (χ2n) is 7.10. The number of aromatic nitrogens is 4. The molecule has 1 aromatic carbocycles. The predicted molar refractivity (Wildman–Crippen MR) is 109 cm³/mol. The summed E-state index contributed by atoms with van der Waals surface area (Å²) in [5.41, 5.74) is 1.63. The summed E-state index contributed by atoms with van der Waals surface area (Å²) < 4.78 is 22.4. The minimum absolute atomic E-state index is 0.169. The van der Waals surface area contributed by atoms with Crippen molar-refractivity contribution in [2.24, 2.45) is 0 Å². The van der Waals surface area contributed by atoms with Gasteiger partial charge in [-0.1, -0.05) is 6.07 Å². The summed E-state index contributed by atoms with van der Waals surface area (Å²) in [5, 5.41) is 8.42. The Labute approximate surface area is 175 Å². The van der Waals surface area contributed by atoms with Crippen molar-refractivity contribution in [1.82, 2.24) is 25.1 Å². The zero-order valence-corrected chi connectivity index (χ0v) is 17.4. The lowest BCUT2D eigenvalue weighted by Crippen LogP contribution is -2.34. The van der Waals surface area contributed by atoms with E-state index in [9.17, 15) is 0 Å². The van der Waals surface area contributed by atoms with Gasteiger partial charge in [-0.3, -0.25) is 9.88 Å². The highest BCUT2D eigenvalue weighted by atomic mass is 16.5. The van der Waals surface area contributed by atoms with Crippen LogP contribution in [0.4, 0.5) is 0 Å². The Hall–Kier alpha value is -3.20. The number of ether oxygens (including phenoxy) is 3. The van der Waals surface area contributed by atoms with Crippen molar-refractivity contribution in [3.63, 3.8) is 0 Å². The lowest BCUT2D eigenvalue weighted by Gasteiger charge is -2.31. The largest absolute Gasteiger partial charge is 0.493 e. The molecule has 1 fully saturated rings. The molecule has 158 valence electrons. The number of methoxy groups -OCH3 is 3. The van der Waals surface area contributed by atoms with E-state index in [1.165, 1.54) is 0 Å². The maximum Gasteiger partial charge on any atom is 0.267 e. The van der Waals surface area contributed by atoms with E-state index in [1.54, 1.807) is 39.9 Å². The van der Waals surface area contributed by atoms with Crippen molar-refractivity contribution < 1.29 is 18.6 Å². The molecule has 3 aromatic rings. The number of benzene rings is 1. The molecular formula is C21H25N5O4. The van der Waals surface area contributed by atoms with Crippen LogP contribution in [-0.2, 0) is 6.54 Å². The molecule has 0 N–H and O–H groups in total. The maximum atomic E-state index is 5.91.